The van der Waals surface area contributed by atoms with Crippen LogP contribution in [0.15, 0.2) is 30.3 Å². The van der Waals surface area contributed by atoms with Gasteiger partial charge in [-0.25, -0.2) is 0 Å². The maximum absolute atomic E-state index is 11.7. The highest BCUT2D eigenvalue weighted by atomic mass is 16.2. The first-order valence-corrected chi connectivity index (χ1v) is 6.28. The van der Waals surface area contributed by atoms with Crippen LogP contribution in [0.4, 0.5) is 0 Å². The molecule has 1 heterocycles. The van der Waals surface area contributed by atoms with E-state index in [1.54, 1.807) is 0 Å². The highest BCUT2D eigenvalue weighted by molar-refractivity contribution is 5.78. The highest BCUT2D eigenvalue weighted by Gasteiger charge is 2.22. The molecule has 17 heavy (non-hydrogen) atoms. The summed E-state index contributed by atoms with van der Waals surface area (Å²) in [5, 5.41) is 2.92. The Balaban J connectivity index is 1.88. The fourth-order valence-electron chi connectivity index (χ4n) is 2.45. The second kappa shape index (κ2) is 5.82. The molecule has 1 aliphatic heterocycles. The van der Waals surface area contributed by atoms with Crippen LogP contribution in [-0.2, 0) is 4.79 Å². The molecule has 0 unspecified atom stereocenters. The van der Waals surface area contributed by atoms with E-state index in [-0.39, 0.29) is 5.91 Å². The molecular formula is C14H20N2O. The zero-order valence-electron chi connectivity index (χ0n) is 10.4. The largest absolute Gasteiger partial charge is 0.342 e. The summed E-state index contributed by atoms with van der Waals surface area (Å²) < 4.78 is 0. The van der Waals surface area contributed by atoms with Crippen molar-refractivity contribution in [3.8, 4) is 0 Å². The normalized spacial score (nSPS) is 17.1. The first-order valence-electron chi connectivity index (χ1n) is 6.28. The predicted molar refractivity (Wildman–Crippen MR) is 68.9 cm³/mol. The van der Waals surface area contributed by atoms with Gasteiger partial charge in [0.2, 0.25) is 5.91 Å². The highest BCUT2D eigenvalue weighted by Crippen LogP contribution is 2.27. The van der Waals surface area contributed by atoms with E-state index in [1.165, 1.54) is 5.56 Å². The summed E-state index contributed by atoms with van der Waals surface area (Å²) in [7, 11) is 1.81. The molecule has 1 fully saturated rings. The Morgan fingerprint density at radius 1 is 1.29 bits per heavy atom. The summed E-state index contributed by atoms with van der Waals surface area (Å²) in [6.45, 7) is 2.23. The number of hydrogen-bond donors (Lipinski definition) is 1. The quantitative estimate of drug-likeness (QED) is 0.858. The lowest BCUT2D eigenvalue weighted by Crippen LogP contribution is -2.41. The van der Waals surface area contributed by atoms with Gasteiger partial charge >= 0.3 is 0 Å². The molecule has 1 amide bonds. The molecule has 1 aromatic carbocycles. The number of carbonyl (C=O) groups excluding carboxylic acids is 1. The van der Waals surface area contributed by atoms with Gasteiger partial charge in [-0.05, 0) is 31.4 Å². The average Bonchev–Trinajstić information content (AvgIpc) is 2.40. The smallest absolute Gasteiger partial charge is 0.236 e. The minimum atomic E-state index is 0.221. The van der Waals surface area contributed by atoms with Crippen LogP contribution in [0.2, 0.25) is 0 Å². The van der Waals surface area contributed by atoms with Gasteiger partial charge in [-0.1, -0.05) is 30.3 Å². The van der Waals surface area contributed by atoms with Crippen molar-refractivity contribution in [3.05, 3.63) is 35.9 Å². The minimum absolute atomic E-state index is 0.221. The molecule has 92 valence electrons. The van der Waals surface area contributed by atoms with Crippen LogP contribution in [0, 0.1) is 0 Å². The van der Waals surface area contributed by atoms with Crippen molar-refractivity contribution < 1.29 is 4.79 Å². The Bertz CT molecular complexity index is 356. The van der Waals surface area contributed by atoms with Crippen molar-refractivity contribution >= 4 is 5.91 Å². The van der Waals surface area contributed by atoms with Crippen molar-refractivity contribution in [2.75, 3.05) is 26.7 Å². The fraction of sp³-hybridized carbons (Fsp3) is 0.500. The third kappa shape index (κ3) is 3.07. The van der Waals surface area contributed by atoms with Gasteiger partial charge in [0.25, 0.3) is 0 Å². The molecule has 1 aliphatic rings. The van der Waals surface area contributed by atoms with E-state index < -0.39 is 0 Å². The molecule has 1 aromatic rings. The molecule has 1 N–H and O–H groups in total. The van der Waals surface area contributed by atoms with Gasteiger partial charge < -0.3 is 10.2 Å². The Kier molecular flexibility index (Phi) is 4.15. The molecule has 0 aliphatic carbocycles. The van der Waals surface area contributed by atoms with Gasteiger partial charge in [0, 0.05) is 13.1 Å². The molecule has 1 saturated heterocycles. The molecule has 2 rings (SSSR count). The Morgan fingerprint density at radius 3 is 2.53 bits per heavy atom. The molecular weight excluding hydrogens is 212 g/mol. The molecule has 0 radical (unpaired) electrons. The number of amides is 1. The summed E-state index contributed by atoms with van der Waals surface area (Å²) in [6.07, 6.45) is 2.17. The lowest BCUT2D eigenvalue weighted by Gasteiger charge is -2.32. The van der Waals surface area contributed by atoms with Crippen molar-refractivity contribution in [2.45, 2.75) is 18.8 Å². The van der Waals surface area contributed by atoms with Crippen LogP contribution >= 0.6 is 0 Å². The molecule has 3 heteroatoms. The van der Waals surface area contributed by atoms with Crippen LogP contribution in [-0.4, -0.2) is 37.5 Å². The summed E-state index contributed by atoms with van der Waals surface area (Å²) in [4.78, 5) is 13.7. The maximum atomic E-state index is 11.7. The van der Waals surface area contributed by atoms with E-state index in [0.29, 0.717) is 12.5 Å². The fourth-order valence-corrected chi connectivity index (χ4v) is 2.45. The molecule has 0 bridgehead atoms. The molecule has 3 nitrogen and oxygen atoms in total. The summed E-state index contributed by atoms with van der Waals surface area (Å²) in [5.74, 6) is 0.842. The number of nitrogens with zero attached hydrogens (tertiary/aromatic N) is 1. The minimum Gasteiger partial charge on any atom is -0.342 e. The number of rotatable bonds is 3. The molecule has 0 aromatic heterocycles. The monoisotopic (exact) mass is 232 g/mol. The standard InChI is InChI=1S/C14H20N2O/c1-15-11-14(17)16-9-7-13(8-10-16)12-5-3-2-4-6-12/h2-6,13,15H,7-11H2,1H3. The zero-order chi connectivity index (χ0) is 12.1. The van der Waals surface area contributed by atoms with E-state index >= 15 is 0 Å². The third-order valence-corrected chi connectivity index (χ3v) is 3.45. The number of hydrogen-bond acceptors (Lipinski definition) is 2. The van der Waals surface area contributed by atoms with Gasteiger partial charge in [-0.2, -0.15) is 0 Å². The van der Waals surface area contributed by atoms with E-state index in [4.69, 9.17) is 0 Å². The Labute approximate surface area is 103 Å². The van der Waals surface area contributed by atoms with Crippen LogP contribution in [0.1, 0.15) is 24.3 Å². The maximum Gasteiger partial charge on any atom is 0.236 e. The number of likely N-dealkylation sites (N-methyl/N-ethyl adjacent to an activating group) is 1. The second-order valence-electron chi connectivity index (χ2n) is 4.60. The first-order chi connectivity index (χ1) is 8.31. The topological polar surface area (TPSA) is 32.3 Å². The number of likely N-dealkylation sites (tertiary alicyclic amines) is 1. The number of nitrogens with one attached hydrogen (secondary N) is 1. The van der Waals surface area contributed by atoms with Gasteiger partial charge in [-0.3, -0.25) is 4.79 Å². The third-order valence-electron chi connectivity index (χ3n) is 3.45. The van der Waals surface area contributed by atoms with Crippen molar-refractivity contribution in [1.82, 2.24) is 10.2 Å². The zero-order valence-corrected chi connectivity index (χ0v) is 10.4. The summed E-state index contributed by atoms with van der Waals surface area (Å²) in [6, 6.07) is 10.6. The number of carbonyl (C=O) groups is 1. The van der Waals surface area contributed by atoms with Gasteiger partial charge in [0.1, 0.15) is 0 Å². The Morgan fingerprint density at radius 2 is 1.94 bits per heavy atom. The van der Waals surface area contributed by atoms with Gasteiger partial charge in [-0.15, -0.1) is 0 Å². The average molecular weight is 232 g/mol. The van der Waals surface area contributed by atoms with Crippen LogP contribution < -0.4 is 5.32 Å². The predicted octanol–water partition coefficient (Wildman–Crippen LogP) is 1.61. The van der Waals surface area contributed by atoms with E-state index in [1.807, 2.05) is 11.9 Å². The summed E-state index contributed by atoms with van der Waals surface area (Å²) >= 11 is 0. The lowest BCUT2D eigenvalue weighted by molar-refractivity contribution is -0.131. The number of piperidine rings is 1. The van der Waals surface area contributed by atoms with Crippen LogP contribution in [0.25, 0.3) is 0 Å². The van der Waals surface area contributed by atoms with E-state index in [2.05, 4.69) is 35.6 Å². The molecule has 0 spiro atoms. The molecule has 0 atom stereocenters. The van der Waals surface area contributed by atoms with Crippen LogP contribution in [0.5, 0.6) is 0 Å². The number of benzene rings is 1. The van der Waals surface area contributed by atoms with E-state index in [0.717, 1.165) is 25.9 Å². The first kappa shape index (κ1) is 12.1. The molecule has 0 saturated carbocycles. The van der Waals surface area contributed by atoms with Crippen LogP contribution in [0.3, 0.4) is 0 Å². The van der Waals surface area contributed by atoms with Crippen molar-refractivity contribution in [2.24, 2.45) is 0 Å². The van der Waals surface area contributed by atoms with Crippen molar-refractivity contribution in [3.63, 3.8) is 0 Å². The SMILES string of the molecule is CNCC(=O)N1CCC(c2ccccc2)CC1. The lowest BCUT2D eigenvalue weighted by atomic mass is 9.89. The Hall–Kier alpha value is -1.35. The van der Waals surface area contributed by atoms with E-state index in [9.17, 15) is 4.79 Å². The van der Waals surface area contributed by atoms with Crippen molar-refractivity contribution in [1.29, 1.82) is 0 Å². The second-order valence-corrected chi connectivity index (χ2v) is 4.60. The summed E-state index contributed by atoms with van der Waals surface area (Å²) in [5.41, 5.74) is 1.41. The van der Waals surface area contributed by atoms with Gasteiger partial charge in [0.05, 0.1) is 6.54 Å². The van der Waals surface area contributed by atoms with Gasteiger partial charge in [0.15, 0.2) is 0 Å².